The van der Waals surface area contributed by atoms with Crippen LogP contribution < -0.4 is 4.74 Å². The smallest absolute Gasteiger partial charge is 0.119 e. The Balaban J connectivity index is 1.30. The standard InChI is InChI=1S/C34H54O/c1-3-5-7-9-11-13-15-29-16-18-30(19-17-29)31-20-22-32(23-21-31)33-24-26-34(27-25-33)35-28-14-12-10-8-6-4-2/h20,22-27,29-31H,3-19,21,28H2,1-2H3. The van der Waals surface area contributed by atoms with Gasteiger partial charge in [0.1, 0.15) is 5.75 Å². The molecule has 1 aromatic carbocycles. The quantitative estimate of drug-likeness (QED) is 0.202. The maximum Gasteiger partial charge on any atom is 0.119 e. The summed E-state index contributed by atoms with van der Waals surface area (Å²) in [5.74, 6) is 3.69. The first-order valence-electron chi connectivity index (χ1n) is 15.4. The van der Waals surface area contributed by atoms with Gasteiger partial charge in [-0.25, -0.2) is 0 Å². The highest BCUT2D eigenvalue weighted by molar-refractivity contribution is 5.75. The van der Waals surface area contributed by atoms with Crippen LogP contribution in [0.4, 0.5) is 0 Å². The summed E-state index contributed by atoms with van der Waals surface area (Å²) in [6.45, 7) is 5.42. The van der Waals surface area contributed by atoms with E-state index in [2.05, 4.69) is 56.3 Å². The van der Waals surface area contributed by atoms with Crippen LogP contribution in [0, 0.1) is 17.8 Å². The second-order valence-corrected chi connectivity index (χ2v) is 11.4. The number of hydrogen-bond donors (Lipinski definition) is 0. The maximum absolute atomic E-state index is 5.97. The van der Waals surface area contributed by atoms with Crippen LogP contribution in [0.1, 0.15) is 135 Å². The maximum atomic E-state index is 5.97. The molecule has 0 radical (unpaired) electrons. The van der Waals surface area contributed by atoms with Crippen LogP contribution in [0.25, 0.3) is 5.57 Å². The number of allylic oxidation sites excluding steroid dienone is 4. The van der Waals surface area contributed by atoms with E-state index in [1.54, 1.807) is 0 Å². The van der Waals surface area contributed by atoms with Crippen LogP contribution in [-0.2, 0) is 0 Å². The first kappa shape index (κ1) is 28.1. The molecule has 1 nitrogen and oxygen atoms in total. The van der Waals surface area contributed by atoms with Crippen molar-refractivity contribution in [2.24, 2.45) is 17.8 Å². The van der Waals surface area contributed by atoms with E-state index < -0.39 is 0 Å². The Kier molecular flexibility index (Phi) is 13.7. The minimum Gasteiger partial charge on any atom is -0.494 e. The molecule has 196 valence electrons. The average molecular weight is 479 g/mol. The second kappa shape index (κ2) is 17.0. The predicted molar refractivity (Wildman–Crippen MR) is 154 cm³/mol. The van der Waals surface area contributed by atoms with E-state index in [4.69, 9.17) is 4.74 Å². The summed E-state index contributed by atoms with van der Waals surface area (Å²) in [6.07, 6.45) is 32.4. The van der Waals surface area contributed by atoms with Gasteiger partial charge < -0.3 is 4.74 Å². The molecule has 1 atom stereocenters. The van der Waals surface area contributed by atoms with E-state index in [-0.39, 0.29) is 0 Å². The first-order valence-corrected chi connectivity index (χ1v) is 15.4. The fourth-order valence-corrected chi connectivity index (χ4v) is 6.14. The molecule has 0 aromatic heterocycles. The topological polar surface area (TPSA) is 9.23 Å². The highest BCUT2D eigenvalue weighted by Crippen LogP contribution is 2.39. The molecule has 1 fully saturated rings. The molecule has 0 saturated heterocycles. The fraction of sp³-hybridized carbons (Fsp3) is 0.706. The monoisotopic (exact) mass is 478 g/mol. The molecule has 1 heteroatoms. The van der Waals surface area contributed by atoms with Crippen molar-refractivity contribution in [3.8, 4) is 5.75 Å². The zero-order valence-corrected chi connectivity index (χ0v) is 23.1. The predicted octanol–water partition coefficient (Wildman–Crippen LogP) is 10.9. The molecule has 3 rings (SSSR count). The Hall–Kier alpha value is -1.50. The molecule has 35 heavy (non-hydrogen) atoms. The highest BCUT2D eigenvalue weighted by Gasteiger charge is 2.26. The van der Waals surface area contributed by atoms with Crippen molar-refractivity contribution >= 4 is 5.57 Å². The second-order valence-electron chi connectivity index (χ2n) is 11.4. The Bertz CT molecular complexity index is 719. The zero-order chi connectivity index (χ0) is 24.6. The van der Waals surface area contributed by atoms with Crippen molar-refractivity contribution in [1.82, 2.24) is 0 Å². The third-order valence-electron chi connectivity index (χ3n) is 8.55. The third-order valence-corrected chi connectivity index (χ3v) is 8.55. The molecule has 0 spiro atoms. The minimum absolute atomic E-state index is 0.758. The van der Waals surface area contributed by atoms with Crippen LogP contribution >= 0.6 is 0 Å². The van der Waals surface area contributed by atoms with Crippen LogP contribution in [0.15, 0.2) is 42.5 Å². The number of ether oxygens (including phenoxy) is 1. The molecule has 0 N–H and O–H groups in total. The molecule has 1 saturated carbocycles. The fourth-order valence-electron chi connectivity index (χ4n) is 6.14. The zero-order valence-electron chi connectivity index (χ0n) is 23.1. The Labute approximate surface area is 217 Å². The number of rotatable bonds is 17. The van der Waals surface area contributed by atoms with Gasteiger partial charge in [-0.3, -0.25) is 0 Å². The van der Waals surface area contributed by atoms with Gasteiger partial charge in [-0.2, -0.15) is 0 Å². The largest absolute Gasteiger partial charge is 0.494 e. The van der Waals surface area contributed by atoms with Gasteiger partial charge in [0.2, 0.25) is 0 Å². The van der Waals surface area contributed by atoms with Crippen molar-refractivity contribution in [1.29, 1.82) is 0 Å². The van der Waals surface area contributed by atoms with Crippen molar-refractivity contribution in [2.75, 3.05) is 6.61 Å². The van der Waals surface area contributed by atoms with E-state index in [0.717, 1.165) is 30.1 Å². The lowest BCUT2D eigenvalue weighted by atomic mass is 9.72. The molecular formula is C34H54O. The van der Waals surface area contributed by atoms with Gasteiger partial charge in [0.25, 0.3) is 0 Å². The van der Waals surface area contributed by atoms with E-state index >= 15 is 0 Å². The lowest BCUT2D eigenvalue weighted by Crippen LogP contribution is -2.21. The normalized spacial score (nSPS) is 22.2. The van der Waals surface area contributed by atoms with E-state index in [1.165, 1.54) is 127 Å². The van der Waals surface area contributed by atoms with Crippen LogP contribution in [0.3, 0.4) is 0 Å². The van der Waals surface area contributed by atoms with Gasteiger partial charge in [0, 0.05) is 0 Å². The van der Waals surface area contributed by atoms with Crippen molar-refractivity contribution in [2.45, 2.75) is 129 Å². The van der Waals surface area contributed by atoms with E-state index in [0.29, 0.717) is 0 Å². The van der Waals surface area contributed by atoms with Crippen molar-refractivity contribution < 1.29 is 4.74 Å². The van der Waals surface area contributed by atoms with Crippen LogP contribution in [0.5, 0.6) is 5.75 Å². The van der Waals surface area contributed by atoms with Crippen LogP contribution in [0.2, 0.25) is 0 Å². The van der Waals surface area contributed by atoms with Gasteiger partial charge >= 0.3 is 0 Å². The summed E-state index contributed by atoms with van der Waals surface area (Å²) in [5.41, 5.74) is 2.72. The molecule has 0 bridgehead atoms. The summed E-state index contributed by atoms with van der Waals surface area (Å²) >= 11 is 0. The number of hydrogen-bond acceptors (Lipinski definition) is 1. The average Bonchev–Trinajstić information content (AvgIpc) is 2.91. The van der Waals surface area contributed by atoms with Crippen molar-refractivity contribution in [3.63, 3.8) is 0 Å². The van der Waals surface area contributed by atoms with Crippen LogP contribution in [-0.4, -0.2) is 6.61 Å². The molecule has 1 unspecified atom stereocenters. The molecule has 0 aliphatic heterocycles. The minimum atomic E-state index is 0.758. The molecular weight excluding hydrogens is 424 g/mol. The van der Waals surface area contributed by atoms with Gasteiger partial charge in [-0.15, -0.1) is 0 Å². The number of benzene rings is 1. The van der Waals surface area contributed by atoms with Crippen molar-refractivity contribution in [3.05, 3.63) is 48.1 Å². The summed E-state index contributed by atoms with van der Waals surface area (Å²) in [7, 11) is 0. The van der Waals surface area contributed by atoms with Gasteiger partial charge in [0.05, 0.1) is 6.61 Å². The lowest BCUT2D eigenvalue weighted by Gasteiger charge is -2.33. The molecule has 2 aliphatic carbocycles. The Morgan fingerprint density at radius 1 is 0.714 bits per heavy atom. The third kappa shape index (κ3) is 10.6. The Morgan fingerprint density at radius 3 is 1.97 bits per heavy atom. The summed E-state index contributed by atoms with van der Waals surface area (Å²) in [4.78, 5) is 0. The Morgan fingerprint density at radius 2 is 1.34 bits per heavy atom. The van der Waals surface area contributed by atoms with Gasteiger partial charge in [-0.05, 0) is 66.7 Å². The summed E-state index contributed by atoms with van der Waals surface area (Å²) < 4.78 is 5.97. The summed E-state index contributed by atoms with van der Waals surface area (Å²) in [5, 5.41) is 0. The van der Waals surface area contributed by atoms with E-state index in [1.807, 2.05) is 0 Å². The first-order chi connectivity index (χ1) is 17.3. The van der Waals surface area contributed by atoms with Gasteiger partial charge in [0.15, 0.2) is 0 Å². The number of unbranched alkanes of at least 4 members (excludes halogenated alkanes) is 10. The van der Waals surface area contributed by atoms with Gasteiger partial charge in [-0.1, -0.05) is 134 Å². The molecule has 2 aliphatic rings. The molecule has 0 heterocycles. The molecule has 1 aromatic rings. The molecule has 0 amide bonds. The van der Waals surface area contributed by atoms with E-state index in [9.17, 15) is 0 Å². The SMILES string of the molecule is CCCCCCCCOc1ccc(C2=CCC(C3CCC(CCCCCCCC)CC3)C=C2)cc1. The lowest BCUT2D eigenvalue weighted by molar-refractivity contribution is 0.218. The summed E-state index contributed by atoms with van der Waals surface area (Å²) in [6, 6.07) is 8.78. The highest BCUT2D eigenvalue weighted by atomic mass is 16.5.